The molecule has 2 aromatic rings. The van der Waals surface area contributed by atoms with Crippen LogP contribution in [0, 0.1) is 11.8 Å². The molecule has 0 aliphatic carbocycles. The summed E-state index contributed by atoms with van der Waals surface area (Å²) >= 11 is 0. The number of aliphatic hydroxyl groups is 1. The molecule has 1 saturated heterocycles. The number of nitrogens with one attached hydrogen (secondary N) is 2. The summed E-state index contributed by atoms with van der Waals surface area (Å²) in [6.07, 6.45) is 1.30. The number of hydrogen-bond donors (Lipinski definition) is 3. The zero-order valence-electron chi connectivity index (χ0n) is 21.5. The summed E-state index contributed by atoms with van der Waals surface area (Å²) in [6, 6.07) is 13.9. The van der Waals surface area contributed by atoms with Crippen molar-refractivity contribution >= 4 is 17.7 Å². The van der Waals surface area contributed by atoms with Gasteiger partial charge in [-0.2, -0.15) is 0 Å². The van der Waals surface area contributed by atoms with Crippen molar-refractivity contribution in [2.75, 3.05) is 20.7 Å². The molecule has 3 N–H and O–H groups in total. The van der Waals surface area contributed by atoms with E-state index < -0.39 is 35.7 Å². The van der Waals surface area contributed by atoms with E-state index in [-0.39, 0.29) is 5.56 Å². The predicted molar refractivity (Wildman–Crippen MR) is 137 cm³/mol. The largest absolute Gasteiger partial charge is 0.389 e. The fourth-order valence-electron chi connectivity index (χ4n) is 3.76. The van der Waals surface area contributed by atoms with E-state index in [0.717, 1.165) is 28.9 Å². The van der Waals surface area contributed by atoms with Crippen molar-refractivity contribution in [3.63, 3.8) is 0 Å². The molecule has 1 aliphatic rings. The maximum atomic E-state index is 13.2. The van der Waals surface area contributed by atoms with Gasteiger partial charge in [0.1, 0.15) is 0 Å². The zero-order chi connectivity index (χ0) is 27.0. The first kappa shape index (κ1) is 27.9. The highest BCUT2D eigenvalue weighted by Crippen LogP contribution is 2.20. The number of benzene rings is 2. The van der Waals surface area contributed by atoms with Gasteiger partial charge >= 0.3 is 0 Å². The lowest BCUT2D eigenvalue weighted by Crippen LogP contribution is -2.65. The molecule has 1 fully saturated rings. The minimum atomic E-state index is -1.88. The summed E-state index contributed by atoms with van der Waals surface area (Å²) in [5, 5.41) is 12.1. The highest BCUT2D eigenvalue weighted by atomic mass is 16.8. The summed E-state index contributed by atoms with van der Waals surface area (Å²) in [5.41, 5.74) is 2.99. The molecule has 1 heterocycles. The lowest BCUT2D eigenvalue weighted by Gasteiger charge is -2.36. The third kappa shape index (κ3) is 6.74. The van der Waals surface area contributed by atoms with Crippen molar-refractivity contribution in [3.8, 4) is 11.8 Å². The van der Waals surface area contributed by atoms with Crippen LogP contribution in [0.15, 0.2) is 48.5 Å². The number of nitrogens with zero attached hydrogens (tertiary/aromatic N) is 1. The van der Waals surface area contributed by atoms with Crippen LogP contribution in [0.4, 0.5) is 0 Å². The third-order valence-electron chi connectivity index (χ3n) is 6.38. The van der Waals surface area contributed by atoms with Gasteiger partial charge in [-0.15, -0.1) is 0 Å². The molecule has 2 aromatic carbocycles. The van der Waals surface area contributed by atoms with E-state index in [4.69, 9.17) is 9.57 Å². The summed E-state index contributed by atoms with van der Waals surface area (Å²) in [6.45, 7) is 3.58. The predicted octanol–water partition coefficient (Wildman–Crippen LogP) is 2.29. The van der Waals surface area contributed by atoms with Crippen LogP contribution >= 0.6 is 0 Å². The molecule has 0 saturated carbocycles. The molecule has 0 radical (unpaired) electrons. The number of ether oxygens (including phenoxy) is 1. The quantitative estimate of drug-likeness (QED) is 0.301. The van der Waals surface area contributed by atoms with Gasteiger partial charge in [-0.1, -0.05) is 24.0 Å². The Kier molecular flexibility index (Phi) is 9.42. The molecule has 37 heavy (non-hydrogen) atoms. The minimum Gasteiger partial charge on any atom is -0.389 e. The molecule has 3 unspecified atom stereocenters. The average molecular weight is 508 g/mol. The smallest absolute Gasteiger partial charge is 0.279 e. The highest BCUT2D eigenvalue weighted by Gasteiger charge is 2.47. The molecule has 0 spiro atoms. The maximum Gasteiger partial charge on any atom is 0.279 e. The molecule has 9 nitrogen and oxygen atoms in total. The molecule has 196 valence electrons. The van der Waals surface area contributed by atoms with Crippen LogP contribution < -0.4 is 10.8 Å². The van der Waals surface area contributed by atoms with Crippen LogP contribution in [0.5, 0.6) is 0 Å². The van der Waals surface area contributed by atoms with Crippen LogP contribution in [0.3, 0.4) is 0 Å². The number of rotatable bonds is 7. The molecule has 0 aromatic heterocycles. The van der Waals surface area contributed by atoms with Crippen molar-refractivity contribution < 1.29 is 29.1 Å². The lowest BCUT2D eigenvalue weighted by atomic mass is 9.96. The number of hydrogen-bond acceptors (Lipinski definition) is 6. The van der Waals surface area contributed by atoms with Crippen LogP contribution in [0.1, 0.15) is 66.3 Å². The number of amides is 3. The molecule has 3 atom stereocenters. The van der Waals surface area contributed by atoms with Crippen molar-refractivity contribution in [3.05, 3.63) is 70.8 Å². The Morgan fingerprint density at radius 2 is 1.65 bits per heavy atom. The van der Waals surface area contributed by atoms with E-state index in [9.17, 15) is 19.5 Å². The second kappa shape index (κ2) is 12.5. The Balaban J connectivity index is 1.71. The number of carbonyl (C=O) groups excluding carboxylic acids is 3. The first-order chi connectivity index (χ1) is 17.7. The first-order valence-electron chi connectivity index (χ1n) is 12.1. The number of carbonyl (C=O) groups is 3. The normalized spacial score (nSPS) is 17.4. The zero-order valence-corrected chi connectivity index (χ0v) is 21.5. The van der Waals surface area contributed by atoms with Gasteiger partial charge in [0.05, 0.1) is 6.10 Å². The Hall–Kier alpha value is -3.71. The third-order valence-corrected chi connectivity index (χ3v) is 6.38. The average Bonchev–Trinajstić information content (AvgIpc) is 2.94. The van der Waals surface area contributed by atoms with E-state index in [0.29, 0.717) is 18.6 Å². The van der Waals surface area contributed by atoms with Gasteiger partial charge in [0.15, 0.2) is 11.8 Å². The van der Waals surface area contributed by atoms with Gasteiger partial charge in [0.2, 0.25) is 0 Å². The highest BCUT2D eigenvalue weighted by molar-refractivity contribution is 6.12. The maximum absolute atomic E-state index is 13.2. The molecule has 3 rings (SSSR count). The molecule has 1 aliphatic heterocycles. The molecule has 0 bridgehead atoms. The summed E-state index contributed by atoms with van der Waals surface area (Å²) < 4.78 is 5.44. The van der Waals surface area contributed by atoms with Crippen LogP contribution in [0.2, 0.25) is 0 Å². The minimum absolute atomic E-state index is 0.286. The number of likely N-dealkylation sites (N-methyl/N-ethyl adjacent to an activating group) is 2. The Morgan fingerprint density at radius 1 is 1.05 bits per heavy atom. The molecular formula is C28H33N3O6. The summed E-state index contributed by atoms with van der Waals surface area (Å²) in [7, 11) is 2.78. The van der Waals surface area contributed by atoms with Crippen LogP contribution in [-0.4, -0.2) is 60.3 Å². The van der Waals surface area contributed by atoms with Crippen molar-refractivity contribution in [2.45, 2.75) is 51.0 Å². The summed E-state index contributed by atoms with van der Waals surface area (Å²) in [4.78, 5) is 45.5. The van der Waals surface area contributed by atoms with E-state index >= 15 is 0 Å². The molecule has 9 heteroatoms. The van der Waals surface area contributed by atoms with Crippen molar-refractivity contribution in [1.82, 2.24) is 15.7 Å². The number of aliphatic hydroxyl groups excluding tert-OH is 1. The summed E-state index contributed by atoms with van der Waals surface area (Å²) in [5.74, 6) is 4.10. The monoisotopic (exact) mass is 507 g/mol. The fourth-order valence-corrected chi connectivity index (χ4v) is 3.76. The van der Waals surface area contributed by atoms with Gasteiger partial charge in [-0.25, -0.2) is 10.3 Å². The van der Waals surface area contributed by atoms with Gasteiger partial charge in [-0.05, 0) is 68.7 Å². The van der Waals surface area contributed by atoms with E-state index in [1.807, 2.05) is 24.3 Å². The van der Waals surface area contributed by atoms with Crippen molar-refractivity contribution in [1.29, 1.82) is 0 Å². The molecule has 3 amide bonds. The second-order valence-electron chi connectivity index (χ2n) is 8.99. The standard InChI is InChI=1S/C28H33N3O6/c1-19(32)22-14-10-20(11-15-22)8-9-21-12-16-23(17-13-21)25(33)31(4)28(2,26(34)29-3)27(35)30-37-24-7-5-6-18-36-24/h10-17,19,24,32H,5-7,18H2,1-4H3,(H,29,34)(H,30,35). The second-order valence-corrected chi connectivity index (χ2v) is 8.99. The lowest BCUT2D eigenvalue weighted by molar-refractivity contribution is -0.204. The van der Waals surface area contributed by atoms with Gasteiger partial charge in [0.25, 0.3) is 17.7 Å². The Labute approximate surface area is 217 Å². The van der Waals surface area contributed by atoms with E-state index in [1.54, 1.807) is 31.2 Å². The fraction of sp³-hybridized carbons (Fsp3) is 0.393. The van der Waals surface area contributed by atoms with Gasteiger partial charge in [-0.3, -0.25) is 14.4 Å². The van der Waals surface area contributed by atoms with E-state index in [2.05, 4.69) is 22.6 Å². The van der Waals surface area contributed by atoms with Crippen LogP contribution in [0.25, 0.3) is 0 Å². The Bertz CT molecular complexity index is 1160. The first-order valence-corrected chi connectivity index (χ1v) is 12.1. The van der Waals surface area contributed by atoms with Crippen LogP contribution in [-0.2, 0) is 19.2 Å². The topological polar surface area (TPSA) is 117 Å². The van der Waals surface area contributed by atoms with Gasteiger partial charge in [0, 0.05) is 43.8 Å². The van der Waals surface area contributed by atoms with Gasteiger partial charge < -0.3 is 20.1 Å². The van der Waals surface area contributed by atoms with Crippen molar-refractivity contribution in [2.24, 2.45) is 0 Å². The van der Waals surface area contributed by atoms with E-state index in [1.165, 1.54) is 21.0 Å². The number of hydroxylamine groups is 1. The Morgan fingerprint density at radius 3 is 2.16 bits per heavy atom. The SMILES string of the molecule is CNC(=O)C(C)(C(=O)NOC1CCCCO1)N(C)C(=O)c1ccc(C#Cc2ccc(C(C)O)cc2)cc1. The molecular weight excluding hydrogens is 474 g/mol.